The molecule has 5 nitrogen and oxygen atoms in total. The third kappa shape index (κ3) is 2.86. The second-order valence-corrected chi connectivity index (χ2v) is 7.07. The van der Waals surface area contributed by atoms with Gasteiger partial charge in [-0.1, -0.05) is 17.7 Å². The highest BCUT2D eigenvalue weighted by Gasteiger charge is 2.36. The second kappa shape index (κ2) is 6.72. The van der Waals surface area contributed by atoms with E-state index in [1.165, 1.54) is 5.56 Å². The average Bonchev–Trinajstić information content (AvgIpc) is 2.99. The number of ether oxygens (including phenoxy) is 1. The highest BCUT2D eigenvalue weighted by molar-refractivity contribution is 6.31. The molecule has 1 aromatic heterocycles. The van der Waals surface area contributed by atoms with E-state index in [-0.39, 0.29) is 12.1 Å². The van der Waals surface area contributed by atoms with Crippen molar-refractivity contribution in [3.8, 4) is 0 Å². The van der Waals surface area contributed by atoms with Crippen molar-refractivity contribution >= 4 is 28.6 Å². The zero-order valence-corrected chi connectivity index (χ0v) is 15.3. The van der Waals surface area contributed by atoms with Crippen LogP contribution in [-0.2, 0) is 11.2 Å². The van der Waals surface area contributed by atoms with E-state index >= 15 is 0 Å². The van der Waals surface area contributed by atoms with E-state index in [0.29, 0.717) is 30.4 Å². The molecular formula is C20H21ClN2O3. The number of hydrogen-bond acceptors (Lipinski definition) is 3. The number of aliphatic hydroxyl groups excluding tert-OH is 1. The lowest BCUT2D eigenvalue weighted by Crippen LogP contribution is -2.41. The van der Waals surface area contributed by atoms with Gasteiger partial charge < -0.3 is 14.8 Å². The van der Waals surface area contributed by atoms with Gasteiger partial charge in [0.2, 0.25) is 0 Å². The summed E-state index contributed by atoms with van der Waals surface area (Å²) in [5.74, 6) is 0.345. The van der Waals surface area contributed by atoms with Crippen LogP contribution in [0.5, 0.6) is 0 Å². The number of hydrogen-bond donors (Lipinski definition) is 2. The van der Waals surface area contributed by atoms with Gasteiger partial charge in [-0.25, -0.2) is 4.79 Å². The maximum atomic E-state index is 12.6. The Kier molecular flexibility index (Phi) is 4.41. The van der Waals surface area contributed by atoms with Crippen LogP contribution in [0.1, 0.15) is 37.1 Å². The van der Waals surface area contributed by atoms with Crippen molar-refractivity contribution in [1.29, 1.82) is 0 Å². The van der Waals surface area contributed by atoms with Crippen LogP contribution in [-0.4, -0.2) is 34.2 Å². The Bertz CT molecular complexity index is 929. The molecule has 1 atom stereocenters. The summed E-state index contributed by atoms with van der Waals surface area (Å²) in [6.45, 7) is 2.69. The number of rotatable bonds is 2. The number of nitrogens with zero attached hydrogens (tertiary/aromatic N) is 1. The van der Waals surface area contributed by atoms with Crippen molar-refractivity contribution in [2.45, 2.75) is 32.2 Å². The van der Waals surface area contributed by atoms with Crippen LogP contribution in [0.15, 0.2) is 41.7 Å². The number of H-pyrrole nitrogens is 1. The van der Waals surface area contributed by atoms with E-state index in [2.05, 4.69) is 11.1 Å². The number of amides is 1. The minimum atomic E-state index is -0.334. The molecule has 0 radical (unpaired) electrons. The van der Waals surface area contributed by atoms with E-state index in [9.17, 15) is 9.90 Å². The van der Waals surface area contributed by atoms with Crippen molar-refractivity contribution in [1.82, 2.24) is 9.88 Å². The first-order valence-electron chi connectivity index (χ1n) is 8.91. The number of aromatic amines is 1. The van der Waals surface area contributed by atoms with Crippen molar-refractivity contribution in [2.75, 3.05) is 13.2 Å². The molecule has 1 aromatic carbocycles. The van der Waals surface area contributed by atoms with E-state index in [0.717, 1.165) is 35.0 Å². The first-order chi connectivity index (χ1) is 12.6. The molecule has 0 saturated carbocycles. The van der Waals surface area contributed by atoms with E-state index in [4.69, 9.17) is 16.3 Å². The maximum Gasteiger partial charge on any atom is 0.410 e. The fourth-order valence-corrected chi connectivity index (χ4v) is 4.08. The summed E-state index contributed by atoms with van der Waals surface area (Å²) in [6, 6.07) is 5.48. The molecule has 1 unspecified atom stereocenters. The predicted octanol–water partition coefficient (Wildman–Crippen LogP) is 5.04. The predicted molar refractivity (Wildman–Crippen MR) is 102 cm³/mol. The fraction of sp³-hybridized carbons (Fsp3) is 0.350. The largest absolute Gasteiger partial charge is 0.512 e. The number of aliphatic hydroxyl groups is 1. The summed E-state index contributed by atoms with van der Waals surface area (Å²) in [5, 5.41) is 11.8. The Labute approximate surface area is 156 Å². The first-order valence-corrected chi connectivity index (χ1v) is 9.29. The van der Waals surface area contributed by atoms with Gasteiger partial charge in [0.1, 0.15) is 6.04 Å². The Morgan fingerprint density at radius 1 is 1.42 bits per heavy atom. The molecule has 4 rings (SSSR count). The molecule has 2 aromatic rings. The van der Waals surface area contributed by atoms with Gasteiger partial charge in [-0.2, -0.15) is 0 Å². The summed E-state index contributed by atoms with van der Waals surface area (Å²) in [4.78, 5) is 17.8. The molecule has 2 N–H and O–H groups in total. The zero-order chi connectivity index (χ0) is 18.3. The molecule has 2 heterocycles. The molecule has 2 aliphatic rings. The lowest BCUT2D eigenvalue weighted by Gasteiger charge is -2.36. The van der Waals surface area contributed by atoms with Crippen LogP contribution in [0.2, 0.25) is 5.02 Å². The SMILES string of the molecule is CCOC(=O)N1CCc2c([nH]c3ccc(Cl)cc23)C1C1=CCCC(O)=C1. The van der Waals surface area contributed by atoms with Crippen LogP contribution >= 0.6 is 11.6 Å². The van der Waals surface area contributed by atoms with Gasteiger partial charge in [-0.3, -0.25) is 4.90 Å². The van der Waals surface area contributed by atoms with Gasteiger partial charge in [0, 0.05) is 34.6 Å². The number of nitrogens with one attached hydrogen (secondary N) is 1. The fourth-order valence-electron chi connectivity index (χ4n) is 3.91. The number of fused-ring (bicyclic) bond motifs is 3. The lowest BCUT2D eigenvalue weighted by molar-refractivity contribution is 0.0928. The molecule has 1 aliphatic carbocycles. The third-order valence-corrected chi connectivity index (χ3v) is 5.26. The number of aromatic nitrogens is 1. The van der Waals surface area contributed by atoms with Gasteiger partial charge in [0.25, 0.3) is 0 Å². The molecule has 0 fully saturated rings. The molecule has 1 amide bonds. The third-order valence-electron chi connectivity index (χ3n) is 5.02. The highest BCUT2D eigenvalue weighted by atomic mass is 35.5. The molecule has 0 bridgehead atoms. The number of allylic oxidation sites excluding steroid dienone is 2. The van der Waals surface area contributed by atoms with Crippen LogP contribution in [0.3, 0.4) is 0 Å². The molecule has 0 saturated heterocycles. The quantitative estimate of drug-likeness (QED) is 0.776. The summed E-state index contributed by atoms with van der Waals surface area (Å²) < 4.78 is 5.28. The molecular weight excluding hydrogens is 352 g/mol. The minimum absolute atomic E-state index is 0.300. The van der Waals surface area contributed by atoms with Crippen LogP contribution < -0.4 is 0 Å². The van der Waals surface area contributed by atoms with Crippen LogP contribution in [0, 0.1) is 0 Å². The summed E-state index contributed by atoms with van der Waals surface area (Å²) in [7, 11) is 0. The monoisotopic (exact) mass is 372 g/mol. The topological polar surface area (TPSA) is 65.6 Å². The first kappa shape index (κ1) is 17.0. The van der Waals surface area contributed by atoms with Crippen LogP contribution in [0.4, 0.5) is 4.79 Å². The minimum Gasteiger partial charge on any atom is -0.512 e. The van der Waals surface area contributed by atoms with Crippen LogP contribution in [0.25, 0.3) is 10.9 Å². The number of carbonyl (C=O) groups is 1. The zero-order valence-electron chi connectivity index (χ0n) is 14.6. The molecule has 26 heavy (non-hydrogen) atoms. The Hall–Kier alpha value is -2.40. The molecule has 6 heteroatoms. The van der Waals surface area contributed by atoms with Crippen molar-refractivity contribution in [2.24, 2.45) is 0 Å². The van der Waals surface area contributed by atoms with Gasteiger partial charge in [0.05, 0.1) is 12.4 Å². The van der Waals surface area contributed by atoms with Gasteiger partial charge in [0.15, 0.2) is 0 Å². The van der Waals surface area contributed by atoms with Crippen molar-refractivity contribution < 1.29 is 14.6 Å². The standard InChI is InChI=1S/C20H21ClN2O3/c1-2-26-20(25)23-9-8-15-16-11-13(21)6-7-17(16)22-18(15)19(23)12-4-3-5-14(24)10-12/h4,6-7,10-11,19,22,24H,2-3,5,8-9H2,1H3. The van der Waals surface area contributed by atoms with E-state index in [1.807, 2.05) is 18.2 Å². The smallest absolute Gasteiger partial charge is 0.410 e. The van der Waals surface area contributed by atoms with Crippen molar-refractivity contribution in [3.05, 3.63) is 58.0 Å². The van der Waals surface area contributed by atoms with Gasteiger partial charge >= 0.3 is 6.09 Å². The number of halogens is 1. The van der Waals surface area contributed by atoms with E-state index < -0.39 is 0 Å². The van der Waals surface area contributed by atoms with Crippen molar-refractivity contribution in [3.63, 3.8) is 0 Å². The number of benzene rings is 1. The Balaban J connectivity index is 1.86. The molecule has 1 aliphatic heterocycles. The Morgan fingerprint density at radius 3 is 3.04 bits per heavy atom. The molecule has 0 spiro atoms. The summed E-state index contributed by atoms with van der Waals surface area (Å²) >= 11 is 6.19. The molecule has 136 valence electrons. The van der Waals surface area contributed by atoms with Gasteiger partial charge in [-0.05, 0) is 55.2 Å². The summed E-state index contributed by atoms with van der Waals surface area (Å²) in [6.07, 6.45) is 5.64. The highest BCUT2D eigenvalue weighted by Crippen LogP contribution is 2.41. The van der Waals surface area contributed by atoms with Gasteiger partial charge in [-0.15, -0.1) is 0 Å². The maximum absolute atomic E-state index is 12.6. The normalized spacial score (nSPS) is 19.8. The van der Waals surface area contributed by atoms with E-state index in [1.54, 1.807) is 17.9 Å². The lowest BCUT2D eigenvalue weighted by atomic mass is 9.89. The second-order valence-electron chi connectivity index (χ2n) is 6.63. The number of carbonyl (C=O) groups excluding carboxylic acids is 1. The Morgan fingerprint density at radius 2 is 2.27 bits per heavy atom. The average molecular weight is 373 g/mol. The summed E-state index contributed by atoms with van der Waals surface area (Å²) in [5.41, 5.74) is 4.06.